The van der Waals surface area contributed by atoms with Crippen molar-refractivity contribution in [2.24, 2.45) is 0 Å². The van der Waals surface area contributed by atoms with Gasteiger partial charge < -0.3 is 5.32 Å². The summed E-state index contributed by atoms with van der Waals surface area (Å²) in [6, 6.07) is 12.2. The lowest BCUT2D eigenvalue weighted by Gasteiger charge is -2.31. The first-order valence-electron chi connectivity index (χ1n) is 7.98. The molecule has 1 aliphatic rings. The molecule has 0 saturated carbocycles. The number of aryl methyl sites for hydroxylation is 1. The van der Waals surface area contributed by atoms with Gasteiger partial charge in [-0.15, -0.1) is 11.3 Å². The van der Waals surface area contributed by atoms with Gasteiger partial charge in [0.25, 0.3) is 10.0 Å². The van der Waals surface area contributed by atoms with Crippen LogP contribution in [0.1, 0.15) is 25.3 Å². The molecule has 0 amide bonds. The summed E-state index contributed by atoms with van der Waals surface area (Å²) in [5.41, 5.74) is 2.44. The third kappa shape index (κ3) is 3.76. The van der Waals surface area contributed by atoms with E-state index in [1.807, 2.05) is 5.38 Å². The molecule has 0 radical (unpaired) electrons. The molecule has 1 aromatic carbocycles. The number of hydrogen-bond acceptors (Lipinski definition) is 4. The van der Waals surface area contributed by atoms with Gasteiger partial charge in [0.1, 0.15) is 4.21 Å². The molecule has 0 aliphatic carbocycles. The molecule has 23 heavy (non-hydrogen) atoms. The van der Waals surface area contributed by atoms with Crippen molar-refractivity contribution in [2.75, 3.05) is 18.4 Å². The summed E-state index contributed by atoms with van der Waals surface area (Å²) in [6.07, 6.45) is 2.69. The zero-order valence-corrected chi connectivity index (χ0v) is 14.9. The topological polar surface area (TPSA) is 49.4 Å². The van der Waals surface area contributed by atoms with Crippen LogP contribution in [0, 0.1) is 0 Å². The van der Waals surface area contributed by atoms with E-state index < -0.39 is 10.0 Å². The van der Waals surface area contributed by atoms with Crippen LogP contribution < -0.4 is 5.32 Å². The van der Waals surface area contributed by atoms with E-state index in [0.29, 0.717) is 23.3 Å². The summed E-state index contributed by atoms with van der Waals surface area (Å²) in [7, 11) is -3.30. The van der Waals surface area contributed by atoms with Gasteiger partial charge in [-0.3, -0.25) is 0 Å². The van der Waals surface area contributed by atoms with Crippen LogP contribution in [0.15, 0.2) is 46.0 Å². The van der Waals surface area contributed by atoms with Crippen LogP contribution in [0.3, 0.4) is 0 Å². The molecule has 2 aromatic rings. The largest absolute Gasteiger partial charge is 0.382 e. The highest BCUT2D eigenvalue weighted by Crippen LogP contribution is 2.25. The van der Waals surface area contributed by atoms with Crippen molar-refractivity contribution in [3.63, 3.8) is 0 Å². The molecule has 1 aliphatic heterocycles. The molecule has 1 fully saturated rings. The number of nitrogens with zero attached hydrogens (tertiary/aromatic N) is 1. The summed E-state index contributed by atoms with van der Waals surface area (Å²) in [4.78, 5) is 0. The second-order valence-corrected chi connectivity index (χ2v) is 8.92. The first-order chi connectivity index (χ1) is 11.1. The lowest BCUT2D eigenvalue weighted by molar-refractivity contribution is 0.330. The average Bonchev–Trinajstić information content (AvgIpc) is 3.11. The minimum Gasteiger partial charge on any atom is -0.382 e. The van der Waals surface area contributed by atoms with Crippen molar-refractivity contribution in [3.8, 4) is 0 Å². The summed E-state index contributed by atoms with van der Waals surface area (Å²) in [5, 5.41) is 5.35. The number of thiophene rings is 1. The second-order valence-electron chi connectivity index (χ2n) is 5.81. The molecular weight excluding hydrogens is 328 g/mol. The summed E-state index contributed by atoms with van der Waals surface area (Å²) in [6.45, 7) is 3.30. The first kappa shape index (κ1) is 16.5. The molecule has 0 unspecified atom stereocenters. The van der Waals surface area contributed by atoms with E-state index in [9.17, 15) is 8.42 Å². The lowest BCUT2D eigenvalue weighted by Crippen LogP contribution is -2.42. The molecular formula is C17H22N2O2S2. The minimum atomic E-state index is -3.30. The monoisotopic (exact) mass is 350 g/mol. The van der Waals surface area contributed by atoms with Gasteiger partial charge in [-0.05, 0) is 48.4 Å². The highest BCUT2D eigenvalue weighted by atomic mass is 32.2. The number of benzene rings is 1. The van der Waals surface area contributed by atoms with Crippen molar-refractivity contribution >= 4 is 27.0 Å². The zero-order valence-electron chi connectivity index (χ0n) is 13.2. The Balaban J connectivity index is 1.60. The maximum absolute atomic E-state index is 12.5. The van der Waals surface area contributed by atoms with Crippen LogP contribution in [0.4, 0.5) is 5.69 Å². The molecule has 0 bridgehead atoms. The standard InChI is InChI=1S/C17H22N2O2S2/c1-2-14-5-3-6-16(13-14)18-15-8-10-19(11-9-15)23(20,21)17-7-4-12-22-17/h3-7,12-13,15,18H,2,8-11H2,1H3. The minimum absolute atomic E-state index is 0.330. The fraction of sp³-hybridized carbons (Fsp3) is 0.412. The van der Waals surface area contributed by atoms with Gasteiger partial charge in [0.05, 0.1) is 0 Å². The van der Waals surface area contributed by atoms with Crippen LogP contribution >= 0.6 is 11.3 Å². The van der Waals surface area contributed by atoms with Crippen LogP contribution in [-0.4, -0.2) is 31.9 Å². The lowest BCUT2D eigenvalue weighted by atomic mass is 10.1. The average molecular weight is 351 g/mol. The molecule has 1 aromatic heterocycles. The van der Waals surface area contributed by atoms with Gasteiger partial charge in [0, 0.05) is 24.8 Å². The van der Waals surface area contributed by atoms with Gasteiger partial charge in [-0.1, -0.05) is 25.1 Å². The third-order valence-electron chi connectivity index (χ3n) is 4.25. The van der Waals surface area contributed by atoms with Gasteiger partial charge in [-0.25, -0.2) is 8.42 Å². The van der Waals surface area contributed by atoms with Crippen molar-refractivity contribution in [1.82, 2.24) is 4.31 Å². The van der Waals surface area contributed by atoms with Crippen molar-refractivity contribution < 1.29 is 8.42 Å². The van der Waals surface area contributed by atoms with E-state index in [-0.39, 0.29) is 0 Å². The van der Waals surface area contributed by atoms with Crippen molar-refractivity contribution in [3.05, 3.63) is 47.3 Å². The Kier molecular flexibility index (Phi) is 5.04. The Hall–Kier alpha value is -1.37. The Morgan fingerprint density at radius 2 is 2.00 bits per heavy atom. The summed E-state index contributed by atoms with van der Waals surface area (Å²) < 4.78 is 27.1. The Bertz CT molecular complexity index is 734. The molecule has 1 N–H and O–H groups in total. The predicted molar refractivity (Wildman–Crippen MR) is 95.5 cm³/mol. The van der Waals surface area contributed by atoms with E-state index >= 15 is 0 Å². The maximum atomic E-state index is 12.5. The molecule has 6 heteroatoms. The molecule has 1 saturated heterocycles. The second kappa shape index (κ2) is 7.03. The first-order valence-corrected chi connectivity index (χ1v) is 10.3. The van der Waals surface area contributed by atoms with Gasteiger partial charge in [0.15, 0.2) is 0 Å². The number of nitrogens with one attached hydrogen (secondary N) is 1. The molecule has 2 heterocycles. The molecule has 3 rings (SSSR count). The number of piperidine rings is 1. The van der Waals surface area contributed by atoms with Crippen LogP contribution in [-0.2, 0) is 16.4 Å². The van der Waals surface area contributed by atoms with E-state index in [4.69, 9.17) is 0 Å². The van der Waals surface area contributed by atoms with E-state index in [2.05, 4.69) is 36.5 Å². The SMILES string of the molecule is CCc1cccc(NC2CCN(S(=O)(=O)c3cccs3)CC2)c1. The van der Waals surface area contributed by atoms with Crippen molar-refractivity contribution in [1.29, 1.82) is 0 Å². The predicted octanol–water partition coefficient (Wildman–Crippen LogP) is 3.58. The number of anilines is 1. The van der Waals surface area contributed by atoms with E-state index in [1.54, 1.807) is 16.4 Å². The fourth-order valence-electron chi connectivity index (χ4n) is 2.89. The normalized spacial score (nSPS) is 17.3. The number of hydrogen-bond donors (Lipinski definition) is 1. The summed E-state index contributed by atoms with van der Waals surface area (Å²) >= 11 is 1.29. The fourth-order valence-corrected chi connectivity index (χ4v) is 5.51. The van der Waals surface area contributed by atoms with Gasteiger partial charge in [0.2, 0.25) is 0 Å². The number of rotatable bonds is 5. The highest BCUT2D eigenvalue weighted by molar-refractivity contribution is 7.91. The smallest absolute Gasteiger partial charge is 0.252 e. The maximum Gasteiger partial charge on any atom is 0.252 e. The van der Waals surface area contributed by atoms with E-state index in [1.165, 1.54) is 16.9 Å². The van der Waals surface area contributed by atoms with Crippen molar-refractivity contribution in [2.45, 2.75) is 36.4 Å². The summed E-state index contributed by atoms with van der Waals surface area (Å²) in [5.74, 6) is 0. The molecule has 0 atom stereocenters. The van der Waals surface area contributed by atoms with Crippen LogP contribution in [0.25, 0.3) is 0 Å². The Morgan fingerprint density at radius 1 is 1.22 bits per heavy atom. The quantitative estimate of drug-likeness (QED) is 0.897. The van der Waals surface area contributed by atoms with E-state index in [0.717, 1.165) is 24.9 Å². The molecule has 124 valence electrons. The van der Waals surface area contributed by atoms with Crippen LogP contribution in [0.2, 0.25) is 0 Å². The molecule has 0 spiro atoms. The molecule has 4 nitrogen and oxygen atoms in total. The number of sulfonamides is 1. The van der Waals surface area contributed by atoms with Gasteiger partial charge in [-0.2, -0.15) is 4.31 Å². The Labute approximate surface area is 142 Å². The zero-order chi connectivity index (χ0) is 16.3. The highest BCUT2D eigenvalue weighted by Gasteiger charge is 2.29. The third-order valence-corrected chi connectivity index (χ3v) is 7.52. The van der Waals surface area contributed by atoms with Gasteiger partial charge >= 0.3 is 0 Å². The Morgan fingerprint density at radius 3 is 2.65 bits per heavy atom. The van der Waals surface area contributed by atoms with Crippen LogP contribution in [0.5, 0.6) is 0 Å².